The molecule has 0 amide bonds. The molecule has 0 saturated carbocycles. The number of benzene rings is 2. The van der Waals surface area contributed by atoms with Gasteiger partial charge < -0.3 is 14.6 Å². The topological polar surface area (TPSA) is 55.8 Å². The van der Waals surface area contributed by atoms with Gasteiger partial charge in [-0.05, 0) is 33.6 Å². The van der Waals surface area contributed by atoms with Gasteiger partial charge in [0.25, 0.3) is 0 Å². The van der Waals surface area contributed by atoms with E-state index < -0.39 is 5.97 Å². The van der Waals surface area contributed by atoms with Crippen molar-refractivity contribution in [2.75, 3.05) is 18.5 Å². The fourth-order valence-electron chi connectivity index (χ4n) is 2.15. The molecule has 4 nitrogen and oxygen atoms in total. The second-order valence-electron chi connectivity index (χ2n) is 5.20. The highest BCUT2D eigenvalue weighted by molar-refractivity contribution is 9.11. The van der Waals surface area contributed by atoms with Crippen molar-refractivity contribution in [3.63, 3.8) is 0 Å². The molecule has 1 atom stereocenters. The van der Waals surface area contributed by atoms with Crippen LogP contribution in [0.3, 0.4) is 0 Å². The Labute approximate surface area is 171 Å². The van der Waals surface area contributed by atoms with Gasteiger partial charge >= 0.3 is 5.97 Å². The number of hydrogen-bond acceptors (Lipinski definition) is 4. The monoisotopic (exact) mass is 534 g/mol. The minimum atomic E-state index is -0.570. The van der Waals surface area contributed by atoms with Crippen LogP contribution in [0.4, 0.5) is 0 Å². The molecule has 1 N–H and O–H groups in total. The van der Waals surface area contributed by atoms with E-state index in [4.69, 9.17) is 9.47 Å². The van der Waals surface area contributed by atoms with Gasteiger partial charge in [-0.15, -0.1) is 0 Å². The zero-order chi connectivity index (χ0) is 18.2. The highest BCUT2D eigenvalue weighted by atomic mass is 79.9. The largest absolute Gasteiger partial charge is 0.506 e. The molecule has 2 aromatic carbocycles. The molecule has 0 spiro atoms. The zero-order valence-electron chi connectivity index (χ0n) is 13.3. The van der Waals surface area contributed by atoms with Gasteiger partial charge in [-0.25, -0.2) is 4.79 Å². The number of ether oxygens (including phenoxy) is 2. The van der Waals surface area contributed by atoms with E-state index >= 15 is 0 Å². The van der Waals surface area contributed by atoms with E-state index in [9.17, 15) is 9.90 Å². The first-order chi connectivity index (χ1) is 12.0. The lowest BCUT2D eigenvalue weighted by molar-refractivity contribution is 0.0347. The maximum Gasteiger partial charge on any atom is 0.341 e. The summed E-state index contributed by atoms with van der Waals surface area (Å²) in [5.41, 5.74) is 1.21. The Balaban J connectivity index is 1.78. The van der Waals surface area contributed by atoms with Crippen LogP contribution in [0.25, 0.3) is 0 Å². The smallest absolute Gasteiger partial charge is 0.341 e. The van der Waals surface area contributed by atoms with Crippen molar-refractivity contribution >= 4 is 53.8 Å². The third-order valence-electron chi connectivity index (χ3n) is 3.40. The number of alkyl halides is 1. The lowest BCUT2D eigenvalue weighted by Crippen LogP contribution is -2.11. The molecule has 0 aliphatic heterocycles. The van der Waals surface area contributed by atoms with E-state index in [-0.39, 0.29) is 24.0 Å². The molecule has 0 bridgehead atoms. The first kappa shape index (κ1) is 20.4. The highest BCUT2D eigenvalue weighted by Gasteiger charge is 2.16. The maximum atomic E-state index is 12.1. The van der Waals surface area contributed by atoms with Crippen LogP contribution < -0.4 is 0 Å². The van der Waals surface area contributed by atoms with Crippen LogP contribution in [0.15, 0.2) is 51.4 Å². The predicted octanol–water partition coefficient (Wildman–Crippen LogP) is 5.62. The van der Waals surface area contributed by atoms with Crippen LogP contribution in [0.5, 0.6) is 5.75 Å². The van der Waals surface area contributed by atoms with Crippen molar-refractivity contribution in [2.24, 2.45) is 0 Å². The van der Waals surface area contributed by atoms with E-state index in [1.165, 1.54) is 6.07 Å². The van der Waals surface area contributed by atoms with E-state index in [0.29, 0.717) is 27.3 Å². The van der Waals surface area contributed by atoms with Gasteiger partial charge in [0.1, 0.15) is 11.3 Å². The Kier molecular flexibility index (Phi) is 8.42. The highest BCUT2D eigenvalue weighted by Crippen LogP contribution is 2.32. The number of carbonyl (C=O) groups excluding carboxylic acids is 1. The number of rotatable bonds is 8. The quantitative estimate of drug-likeness (QED) is 0.270. The van der Waals surface area contributed by atoms with E-state index in [1.807, 2.05) is 30.3 Å². The van der Waals surface area contributed by atoms with E-state index in [2.05, 4.69) is 47.8 Å². The van der Waals surface area contributed by atoms with Gasteiger partial charge in [0, 0.05) is 16.2 Å². The normalized spacial score (nSPS) is 12.0. The number of phenolic OH excluding ortho intramolecular Hbond substituents is 1. The van der Waals surface area contributed by atoms with Gasteiger partial charge in [0.15, 0.2) is 0 Å². The average Bonchev–Trinajstić information content (AvgIpc) is 2.61. The van der Waals surface area contributed by atoms with E-state index in [0.717, 1.165) is 5.56 Å². The summed E-state index contributed by atoms with van der Waals surface area (Å²) in [4.78, 5) is 12.1. The Morgan fingerprint density at radius 2 is 1.84 bits per heavy atom. The minimum absolute atomic E-state index is 0.0398. The Hall–Kier alpha value is -0.890. The van der Waals surface area contributed by atoms with Crippen molar-refractivity contribution in [3.05, 3.63) is 62.5 Å². The first-order valence-electron chi connectivity index (χ1n) is 7.60. The fraction of sp³-hybridized carbons (Fsp3) is 0.278. The van der Waals surface area contributed by atoms with Crippen molar-refractivity contribution in [1.82, 2.24) is 0 Å². The summed E-state index contributed by atoms with van der Waals surface area (Å²) in [6.45, 7) is 0.679. The number of carbonyl (C=O) groups is 1. The SMILES string of the molecule is O=C(OCCCOC(CBr)c1ccccc1)c1cc(Br)cc(Br)c1O. The molecule has 0 saturated heterocycles. The summed E-state index contributed by atoms with van der Waals surface area (Å²) >= 11 is 9.92. The molecule has 0 heterocycles. The lowest BCUT2D eigenvalue weighted by Gasteiger charge is -2.15. The van der Waals surface area contributed by atoms with Gasteiger partial charge in [-0.1, -0.05) is 62.2 Å². The maximum absolute atomic E-state index is 12.1. The van der Waals surface area contributed by atoms with Crippen molar-refractivity contribution in [3.8, 4) is 5.75 Å². The summed E-state index contributed by atoms with van der Waals surface area (Å²) in [5.74, 6) is -0.701. The number of aromatic hydroxyl groups is 1. The number of halogens is 3. The first-order valence-corrected chi connectivity index (χ1v) is 10.3. The number of hydrogen-bond donors (Lipinski definition) is 1. The molecular formula is C18H17Br3O4. The molecule has 2 aromatic rings. The molecule has 0 aliphatic carbocycles. The molecule has 0 fully saturated rings. The fourth-order valence-corrected chi connectivity index (χ4v) is 3.93. The second kappa shape index (κ2) is 10.3. The summed E-state index contributed by atoms with van der Waals surface area (Å²) < 4.78 is 12.1. The zero-order valence-corrected chi connectivity index (χ0v) is 18.0. The number of esters is 1. The van der Waals surface area contributed by atoms with Gasteiger partial charge in [0.05, 0.1) is 23.8 Å². The summed E-state index contributed by atoms with van der Waals surface area (Å²) in [5, 5.41) is 10.6. The van der Waals surface area contributed by atoms with Crippen molar-refractivity contribution < 1.29 is 19.4 Å². The van der Waals surface area contributed by atoms with Crippen LogP contribution in [-0.4, -0.2) is 29.6 Å². The van der Waals surface area contributed by atoms with Gasteiger partial charge in [-0.3, -0.25) is 0 Å². The molecule has 0 aliphatic rings. The van der Waals surface area contributed by atoms with Crippen molar-refractivity contribution in [1.29, 1.82) is 0 Å². The lowest BCUT2D eigenvalue weighted by atomic mass is 10.1. The standard InChI is InChI=1S/C18H17Br3O4/c19-11-16(12-5-2-1-3-6-12)24-7-4-8-25-18(23)14-9-13(20)10-15(21)17(14)22/h1-3,5-6,9-10,16,22H,4,7-8,11H2. The van der Waals surface area contributed by atoms with Gasteiger partial charge in [0.2, 0.25) is 0 Å². The Bertz CT molecular complexity index is 707. The second-order valence-corrected chi connectivity index (χ2v) is 7.62. The van der Waals surface area contributed by atoms with Crippen LogP contribution in [0.1, 0.15) is 28.4 Å². The molecular weight excluding hydrogens is 520 g/mol. The molecule has 1 unspecified atom stereocenters. The van der Waals surface area contributed by atoms with Gasteiger partial charge in [-0.2, -0.15) is 0 Å². The summed E-state index contributed by atoms with van der Waals surface area (Å²) in [7, 11) is 0. The third-order valence-corrected chi connectivity index (χ3v) is 5.05. The molecule has 0 aromatic heterocycles. The van der Waals surface area contributed by atoms with Crippen LogP contribution in [-0.2, 0) is 9.47 Å². The van der Waals surface area contributed by atoms with Crippen molar-refractivity contribution in [2.45, 2.75) is 12.5 Å². The average molecular weight is 537 g/mol. The van der Waals surface area contributed by atoms with Crippen LogP contribution in [0.2, 0.25) is 0 Å². The molecule has 25 heavy (non-hydrogen) atoms. The summed E-state index contributed by atoms with van der Waals surface area (Å²) in [6, 6.07) is 13.1. The Morgan fingerprint density at radius 1 is 1.12 bits per heavy atom. The predicted molar refractivity (Wildman–Crippen MR) is 107 cm³/mol. The van der Waals surface area contributed by atoms with E-state index in [1.54, 1.807) is 6.07 Å². The van der Waals surface area contributed by atoms with Crippen LogP contribution in [0, 0.1) is 0 Å². The number of phenols is 1. The molecule has 134 valence electrons. The summed E-state index contributed by atoms with van der Waals surface area (Å²) in [6.07, 6.45) is 0.528. The molecule has 7 heteroatoms. The molecule has 0 radical (unpaired) electrons. The van der Waals surface area contributed by atoms with Crippen LogP contribution >= 0.6 is 47.8 Å². The Morgan fingerprint density at radius 3 is 2.52 bits per heavy atom. The molecule has 2 rings (SSSR count). The minimum Gasteiger partial charge on any atom is -0.506 e. The third kappa shape index (κ3) is 6.09.